The summed E-state index contributed by atoms with van der Waals surface area (Å²) in [5, 5.41) is 21.4. The van der Waals surface area contributed by atoms with Gasteiger partial charge in [0.25, 0.3) is 11.4 Å². The lowest BCUT2D eigenvalue weighted by atomic mass is 10.2. The Morgan fingerprint density at radius 1 is 0.667 bits per heavy atom. The van der Waals surface area contributed by atoms with Crippen molar-refractivity contribution in [2.45, 2.75) is 0 Å². The van der Waals surface area contributed by atoms with Crippen LogP contribution in [0.15, 0.2) is 72.8 Å². The Labute approximate surface area is 138 Å². The molecule has 0 aliphatic heterocycles. The Morgan fingerprint density at radius 3 is 1.46 bits per heavy atom. The minimum absolute atomic E-state index is 0.0479. The van der Waals surface area contributed by atoms with Crippen molar-refractivity contribution in [2.75, 3.05) is 0 Å². The fourth-order valence-corrected chi connectivity index (χ4v) is 1.95. The molecule has 0 aliphatic carbocycles. The first-order valence-electron chi connectivity index (χ1n) is 7.06. The van der Waals surface area contributed by atoms with Crippen molar-refractivity contribution in [2.24, 2.45) is 0 Å². The largest absolute Gasteiger partial charge is 0.270 e. The zero-order chi connectivity index (χ0) is 17.4. The van der Waals surface area contributed by atoms with Crippen molar-refractivity contribution in [3.8, 4) is 0 Å². The van der Waals surface area contributed by atoms with Crippen molar-refractivity contribution in [1.29, 1.82) is 0 Å². The van der Waals surface area contributed by atoms with E-state index in [0.717, 1.165) is 11.1 Å². The summed E-state index contributed by atoms with van der Waals surface area (Å²) >= 11 is 0. The van der Waals surface area contributed by atoms with Crippen molar-refractivity contribution in [1.82, 2.24) is 0 Å². The van der Waals surface area contributed by atoms with E-state index in [1.165, 1.54) is 24.3 Å². The van der Waals surface area contributed by atoms with Gasteiger partial charge in [0.1, 0.15) is 0 Å². The maximum absolute atomic E-state index is 10.7. The molecule has 0 aliphatic rings. The van der Waals surface area contributed by atoms with Gasteiger partial charge in [0.2, 0.25) is 0 Å². The molecule has 6 nitrogen and oxygen atoms in total. The van der Waals surface area contributed by atoms with Gasteiger partial charge < -0.3 is 0 Å². The quantitative estimate of drug-likeness (QED) is 0.435. The number of nitrogens with zero attached hydrogens (tertiary/aromatic N) is 2. The standard InChI is InChI=1S/C18H14N2O4/c21-19(22)17-11-5-9-15(13-17)7-3-1-2-4-8-16-10-6-12-18(14-16)20(23)24/h1-14H/b2-1+,7-3+,8-4+. The SMILES string of the molecule is O=[N+]([O-])c1cccc(/C=C/C=C/C=C/c2cccc([N+](=O)[O-])c2)c1. The summed E-state index contributed by atoms with van der Waals surface area (Å²) in [6.07, 6.45) is 10.6. The number of non-ortho nitro benzene ring substituents is 2. The second-order valence-corrected chi connectivity index (χ2v) is 4.81. The van der Waals surface area contributed by atoms with Crippen LogP contribution in [0.25, 0.3) is 12.2 Å². The number of nitro groups is 2. The molecule has 0 bridgehead atoms. The summed E-state index contributed by atoms with van der Waals surface area (Å²) in [4.78, 5) is 20.5. The van der Waals surface area contributed by atoms with Gasteiger partial charge in [-0.1, -0.05) is 60.7 Å². The van der Waals surface area contributed by atoms with Gasteiger partial charge in [-0.3, -0.25) is 20.2 Å². The highest BCUT2D eigenvalue weighted by Gasteiger charge is 2.03. The molecular weight excluding hydrogens is 308 g/mol. The second-order valence-electron chi connectivity index (χ2n) is 4.81. The van der Waals surface area contributed by atoms with Gasteiger partial charge in [-0.15, -0.1) is 0 Å². The molecule has 0 fully saturated rings. The number of rotatable bonds is 6. The highest BCUT2D eigenvalue weighted by Crippen LogP contribution is 2.15. The van der Waals surface area contributed by atoms with Crippen LogP contribution in [0.5, 0.6) is 0 Å². The molecule has 0 heterocycles. The van der Waals surface area contributed by atoms with Crippen LogP contribution in [0.3, 0.4) is 0 Å². The monoisotopic (exact) mass is 322 g/mol. The molecule has 0 spiro atoms. The van der Waals surface area contributed by atoms with Crippen molar-refractivity contribution in [3.05, 3.63) is 104 Å². The minimum atomic E-state index is -0.436. The van der Waals surface area contributed by atoms with Gasteiger partial charge in [0.15, 0.2) is 0 Å². The Balaban J connectivity index is 1.97. The average Bonchev–Trinajstić information content (AvgIpc) is 2.58. The van der Waals surface area contributed by atoms with Gasteiger partial charge >= 0.3 is 0 Å². The second kappa shape index (κ2) is 8.19. The van der Waals surface area contributed by atoms with E-state index in [9.17, 15) is 20.2 Å². The number of hydrogen-bond donors (Lipinski definition) is 0. The van der Waals surface area contributed by atoms with Crippen molar-refractivity contribution >= 4 is 23.5 Å². The topological polar surface area (TPSA) is 86.3 Å². The molecular formula is C18H14N2O4. The lowest BCUT2D eigenvalue weighted by molar-refractivity contribution is -0.385. The molecule has 120 valence electrons. The average molecular weight is 322 g/mol. The summed E-state index contributed by atoms with van der Waals surface area (Å²) in [6.45, 7) is 0. The van der Waals surface area contributed by atoms with Crippen LogP contribution in [0.2, 0.25) is 0 Å². The molecule has 2 aromatic carbocycles. The smallest absolute Gasteiger partial charge is 0.258 e. The maximum atomic E-state index is 10.7. The zero-order valence-corrected chi connectivity index (χ0v) is 12.6. The molecule has 6 heteroatoms. The maximum Gasteiger partial charge on any atom is 0.270 e. The Bertz CT molecular complexity index is 769. The van der Waals surface area contributed by atoms with Gasteiger partial charge in [-0.2, -0.15) is 0 Å². The van der Waals surface area contributed by atoms with E-state index >= 15 is 0 Å². The van der Waals surface area contributed by atoms with E-state index in [1.54, 1.807) is 60.7 Å². The fourth-order valence-electron chi connectivity index (χ4n) is 1.95. The first-order valence-corrected chi connectivity index (χ1v) is 7.06. The first kappa shape index (κ1) is 16.8. The molecule has 0 N–H and O–H groups in total. The third kappa shape index (κ3) is 5.03. The number of benzene rings is 2. The van der Waals surface area contributed by atoms with E-state index in [0.29, 0.717) is 0 Å². The van der Waals surface area contributed by atoms with Crippen molar-refractivity contribution in [3.63, 3.8) is 0 Å². The minimum Gasteiger partial charge on any atom is -0.258 e. The van der Waals surface area contributed by atoms with Crippen LogP contribution in [0, 0.1) is 20.2 Å². The Hall–Kier alpha value is -3.54. The highest BCUT2D eigenvalue weighted by molar-refractivity contribution is 5.57. The summed E-state index contributed by atoms with van der Waals surface area (Å²) < 4.78 is 0. The van der Waals surface area contributed by atoms with Gasteiger partial charge in [0.05, 0.1) is 9.85 Å². The fraction of sp³-hybridized carbons (Fsp3) is 0. The predicted molar refractivity (Wildman–Crippen MR) is 93.4 cm³/mol. The lowest BCUT2D eigenvalue weighted by Gasteiger charge is -1.93. The van der Waals surface area contributed by atoms with E-state index in [4.69, 9.17) is 0 Å². The van der Waals surface area contributed by atoms with Gasteiger partial charge in [0, 0.05) is 24.3 Å². The lowest BCUT2D eigenvalue weighted by Crippen LogP contribution is -1.87. The molecule has 0 amide bonds. The zero-order valence-electron chi connectivity index (χ0n) is 12.6. The summed E-state index contributed by atoms with van der Waals surface area (Å²) in [7, 11) is 0. The molecule has 0 radical (unpaired) electrons. The van der Waals surface area contributed by atoms with Gasteiger partial charge in [-0.25, -0.2) is 0 Å². The van der Waals surface area contributed by atoms with E-state index in [1.807, 2.05) is 0 Å². The van der Waals surface area contributed by atoms with Crippen LogP contribution in [-0.2, 0) is 0 Å². The summed E-state index contributed by atoms with van der Waals surface area (Å²) in [6, 6.07) is 12.7. The predicted octanol–water partition coefficient (Wildman–Crippen LogP) is 4.79. The molecule has 24 heavy (non-hydrogen) atoms. The molecule has 0 unspecified atom stereocenters. The van der Waals surface area contributed by atoms with Crippen LogP contribution in [0.4, 0.5) is 11.4 Å². The molecule has 2 aromatic rings. The Kier molecular flexibility index (Phi) is 5.74. The first-order chi connectivity index (χ1) is 11.6. The molecule has 0 aromatic heterocycles. The summed E-state index contributed by atoms with van der Waals surface area (Å²) in [5.41, 5.74) is 1.56. The van der Waals surface area contributed by atoms with Crippen LogP contribution < -0.4 is 0 Å². The van der Waals surface area contributed by atoms with Crippen LogP contribution in [0.1, 0.15) is 11.1 Å². The van der Waals surface area contributed by atoms with E-state index < -0.39 is 9.85 Å². The van der Waals surface area contributed by atoms with E-state index in [2.05, 4.69) is 0 Å². The third-order valence-electron chi connectivity index (χ3n) is 3.07. The Morgan fingerprint density at radius 2 is 1.08 bits per heavy atom. The van der Waals surface area contributed by atoms with Crippen molar-refractivity contribution < 1.29 is 9.85 Å². The molecule has 2 rings (SSSR count). The molecule has 0 saturated heterocycles. The molecule has 0 atom stereocenters. The number of hydrogen-bond acceptors (Lipinski definition) is 4. The normalized spacial score (nSPS) is 11.5. The highest BCUT2D eigenvalue weighted by atomic mass is 16.6. The van der Waals surface area contributed by atoms with Crippen LogP contribution >= 0.6 is 0 Å². The number of allylic oxidation sites excluding steroid dienone is 4. The van der Waals surface area contributed by atoms with E-state index in [-0.39, 0.29) is 11.4 Å². The molecule has 0 saturated carbocycles. The number of nitro benzene ring substituents is 2. The summed E-state index contributed by atoms with van der Waals surface area (Å²) in [5.74, 6) is 0. The third-order valence-corrected chi connectivity index (χ3v) is 3.07. The van der Waals surface area contributed by atoms with Crippen LogP contribution in [-0.4, -0.2) is 9.85 Å². The van der Waals surface area contributed by atoms with Gasteiger partial charge in [-0.05, 0) is 11.1 Å².